The molecule has 160 valence electrons. The molecule has 28 heavy (non-hydrogen) atoms. The summed E-state index contributed by atoms with van der Waals surface area (Å²) in [5.74, 6) is 0.640. The van der Waals surface area contributed by atoms with Gasteiger partial charge in [-0.1, -0.05) is 25.8 Å². The third kappa shape index (κ3) is 6.58. The van der Waals surface area contributed by atoms with Crippen molar-refractivity contribution in [3.05, 3.63) is 24.1 Å². The standard InChI is InChI=1S/C22H32F4O2/c1-15-2-7-17(8-3-15)19-13-27-21(28-14-19)11-6-16-4-9-18(10-5-16)20(23)12-22(24,25)26/h6,11-12,15-19,21H,2-5,7-10,13-14H2,1H3/b11-6+,20-12-. The highest BCUT2D eigenvalue weighted by atomic mass is 19.4. The SMILES string of the molecule is CC1CCC(C2COC(/C=C/C3CCC(/C(F)=C/C(F)(F)F)CC3)OC2)CC1. The van der Waals surface area contributed by atoms with Crippen LogP contribution in [0.5, 0.6) is 0 Å². The fourth-order valence-corrected chi connectivity index (χ4v) is 4.78. The Morgan fingerprint density at radius 3 is 2.00 bits per heavy atom. The average Bonchev–Trinajstić information content (AvgIpc) is 2.66. The van der Waals surface area contributed by atoms with Gasteiger partial charge >= 0.3 is 6.18 Å². The van der Waals surface area contributed by atoms with E-state index in [1.807, 2.05) is 12.2 Å². The molecule has 0 atom stereocenters. The number of rotatable bonds is 4. The van der Waals surface area contributed by atoms with Crippen molar-refractivity contribution in [2.45, 2.75) is 70.8 Å². The van der Waals surface area contributed by atoms with Crippen LogP contribution in [0.4, 0.5) is 17.6 Å². The van der Waals surface area contributed by atoms with Crippen molar-refractivity contribution in [3.63, 3.8) is 0 Å². The van der Waals surface area contributed by atoms with Gasteiger partial charge in [0.05, 0.1) is 19.3 Å². The summed E-state index contributed by atoms with van der Waals surface area (Å²) in [7, 11) is 0. The minimum atomic E-state index is -4.58. The molecule has 6 heteroatoms. The second kappa shape index (κ2) is 9.75. The molecule has 3 fully saturated rings. The largest absolute Gasteiger partial charge is 0.412 e. The molecule has 0 aromatic heterocycles. The molecule has 0 unspecified atom stereocenters. The first kappa shape index (κ1) is 21.8. The van der Waals surface area contributed by atoms with E-state index in [-0.39, 0.29) is 18.3 Å². The number of hydrogen-bond acceptors (Lipinski definition) is 2. The number of alkyl halides is 3. The summed E-state index contributed by atoms with van der Waals surface area (Å²) in [5, 5.41) is 0. The quantitative estimate of drug-likeness (QED) is 0.389. The molecule has 1 aliphatic heterocycles. The Kier molecular flexibility index (Phi) is 7.60. The van der Waals surface area contributed by atoms with Crippen molar-refractivity contribution >= 4 is 0 Å². The zero-order chi connectivity index (χ0) is 20.1. The third-order valence-corrected chi connectivity index (χ3v) is 6.68. The van der Waals surface area contributed by atoms with E-state index < -0.39 is 17.9 Å². The first-order chi connectivity index (χ1) is 13.3. The molecule has 2 saturated carbocycles. The van der Waals surface area contributed by atoms with Crippen LogP contribution in [0.25, 0.3) is 0 Å². The van der Waals surface area contributed by atoms with Crippen molar-refractivity contribution in [3.8, 4) is 0 Å². The maximum Gasteiger partial charge on any atom is 0.412 e. The van der Waals surface area contributed by atoms with Crippen LogP contribution in [0.2, 0.25) is 0 Å². The lowest BCUT2D eigenvalue weighted by Crippen LogP contribution is -2.36. The summed E-state index contributed by atoms with van der Waals surface area (Å²) < 4.78 is 62.2. The van der Waals surface area contributed by atoms with Gasteiger partial charge in [-0.25, -0.2) is 4.39 Å². The van der Waals surface area contributed by atoms with Gasteiger partial charge in [0.1, 0.15) is 5.83 Å². The Balaban J connectivity index is 1.37. The van der Waals surface area contributed by atoms with Crippen molar-refractivity contribution in [2.75, 3.05) is 13.2 Å². The van der Waals surface area contributed by atoms with Gasteiger partial charge in [0.2, 0.25) is 0 Å². The van der Waals surface area contributed by atoms with Gasteiger partial charge in [-0.15, -0.1) is 0 Å². The monoisotopic (exact) mass is 404 g/mol. The molecular formula is C22H32F4O2. The lowest BCUT2D eigenvalue weighted by Gasteiger charge is -2.36. The maximum absolute atomic E-state index is 13.7. The van der Waals surface area contributed by atoms with E-state index in [0.29, 0.717) is 37.5 Å². The first-order valence-electron chi connectivity index (χ1n) is 10.7. The van der Waals surface area contributed by atoms with E-state index >= 15 is 0 Å². The number of halogens is 4. The van der Waals surface area contributed by atoms with Gasteiger partial charge in [-0.3, -0.25) is 0 Å². The number of allylic oxidation sites excluding steroid dienone is 3. The molecule has 0 amide bonds. The highest BCUT2D eigenvalue weighted by molar-refractivity contribution is 5.04. The molecule has 0 N–H and O–H groups in total. The second-order valence-corrected chi connectivity index (χ2v) is 8.88. The van der Waals surface area contributed by atoms with Gasteiger partial charge in [0.15, 0.2) is 6.29 Å². The summed E-state index contributed by atoms with van der Waals surface area (Å²) in [6, 6.07) is 0. The van der Waals surface area contributed by atoms with Crippen LogP contribution < -0.4 is 0 Å². The Morgan fingerprint density at radius 1 is 0.821 bits per heavy atom. The van der Waals surface area contributed by atoms with E-state index in [1.54, 1.807) is 0 Å². The molecule has 1 saturated heterocycles. The Hall–Kier alpha value is -0.880. The van der Waals surface area contributed by atoms with Crippen molar-refractivity contribution in [1.29, 1.82) is 0 Å². The van der Waals surface area contributed by atoms with Crippen LogP contribution in [0.15, 0.2) is 24.1 Å². The highest BCUT2D eigenvalue weighted by Crippen LogP contribution is 2.37. The van der Waals surface area contributed by atoms with Crippen LogP contribution >= 0.6 is 0 Å². The summed E-state index contributed by atoms with van der Waals surface area (Å²) >= 11 is 0. The predicted octanol–water partition coefficient (Wildman–Crippen LogP) is 6.58. The molecule has 3 aliphatic rings. The lowest BCUT2D eigenvalue weighted by atomic mass is 9.76. The van der Waals surface area contributed by atoms with Crippen LogP contribution in [0, 0.1) is 29.6 Å². The first-order valence-corrected chi connectivity index (χ1v) is 10.7. The molecule has 1 heterocycles. The van der Waals surface area contributed by atoms with Crippen LogP contribution in [-0.4, -0.2) is 25.7 Å². The Bertz CT molecular complexity index is 533. The summed E-state index contributed by atoms with van der Waals surface area (Å²) in [5.41, 5.74) is 0. The zero-order valence-electron chi connectivity index (χ0n) is 16.6. The third-order valence-electron chi connectivity index (χ3n) is 6.68. The van der Waals surface area contributed by atoms with E-state index in [0.717, 1.165) is 19.1 Å². The minimum Gasteiger partial charge on any atom is -0.349 e. The number of ether oxygens (including phenoxy) is 2. The Labute approximate surface area is 165 Å². The molecule has 2 aliphatic carbocycles. The molecule has 2 nitrogen and oxygen atoms in total. The van der Waals surface area contributed by atoms with Crippen molar-refractivity contribution < 1.29 is 27.0 Å². The van der Waals surface area contributed by atoms with Crippen LogP contribution in [0.3, 0.4) is 0 Å². The minimum absolute atomic E-state index is 0.194. The lowest BCUT2D eigenvalue weighted by molar-refractivity contribution is -0.185. The van der Waals surface area contributed by atoms with E-state index in [9.17, 15) is 17.6 Å². The van der Waals surface area contributed by atoms with Gasteiger partial charge in [-0.2, -0.15) is 13.2 Å². The smallest absolute Gasteiger partial charge is 0.349 e. The fourth-order valence-electron chi connectivity index (χ4n) is 4.78. The maximum atomic E-state index is 13.7. The Morgan fingerprint density at radius 2 is 1.43 bits per heavy atom. The van der Waals surface area contributed by atoms with E-state index in [2.05, 4.69) is 6.92 Å². The normalized spacial score (nSPS) is 38.7. The van der Waals surface area contributed by atoms with Gasteiger partial charge in [0, 0.05) is 11.8 Å². The molecule has 0 aromatic rings. The zero-order valence-corrected chi connectivity index (χ0v) is 16.6. The van der Waals surface area contributed by atoms with Crippen molar-refractivity contribution in [2.24, 2.45) is 29.6 Å². The van der Waals surface area contributed by atoms with E-state index in [1.165, 1.54) is 25.7 Å². The average molecular weight is 404 g/mol. The summed E-state index contributed by atoms with van der Waals surface area (Å²) in [6.07, 6.45) is 6.25. The van der Waals surface area contributed by atoms with Gasteiger partial charge in [-0.05, 0) is 62.4 Å². The molecule has 0 aromatic carbocycles. The molecule has 0 spiro atoms. The summed E-state index contributed by atoms with van der Waals surface area (Å²) in [4.78, 5) is 0. The van der Waals surface area contributed by atoms with Crippen LogP contribution in [-0.2, 0) is 9.47 Å². The predicted molar refractivity (Wildman–Crippen MR) is 100 cm³/mol. The highest BCUT2D eigenvalue weighted by Gasteiger charge is 2.31. The van der Waals surface area contributed by atoms with E-state index in [4.69, 9.17) is 9.47 Å². The number of hydrogen-bond donors (Lipinski definition) is 0. The van der Waals surface area contributed by atoms with Gasteiger partial charge < -0.3 is 9.47 Å². The topological polar surface area (TPSA) is 18.5 Å². The molecule has 3 rings (SSSR count). The van der Waals surface area contributed by atoms with Crippen molar-refractivity contribution in [1.82, 2.24) is 0 Å². The fraction of sp³-hybridized carbons (Fsp3) is 0.818. The van der Waals surface area contributed by atoms with Gasteiger partial charge in [0.25, 0.3) is 0 Å². The molecular weight excluding hydrogens is 372 g/mol. The summed E-state index contributed by atoms with van der Waals surface area (Å²) in [6.45, 7) is 3.78. The molecule has 0 bridgehead atoms. The van der Waals surface area contributed by atoms with Crippen LogP contribution in [0.1, 0.15) is 58.3 Å². The molecule has 0 radical (unpaired) electrons. The second-order valence-electron chi connectivity index (χ2n) is 8.88.